The Bertz CT molecular complexity index is 1020. The van der Waals surface area contributed by atoms with Gasteiger partial charge in [0.1, 0.15) is 5.75 Å². The minimum Gasteiger partial charge on any atom is -0.423 e. The summed E-state index contributed by atoms with van der Waals surface area (Å²) in [5.41, 5.74) is 3.15. The molecule has 29 heavy (non-hydrogen) atoms. The Labute approximate surface area is 175 Å². The maximum absolute atomic E-state index is 12.4. The van der Waals surface area contributed by atoms with Gasteiger partial charge in [-0.3, -0.25) is 4.79 Å². The third kappa shape index (κ3) is 5.66. The number of ether oxygens (including phenoxy) is 1. The van der Waals surface area contributed by atoms with E-state index < -0.39 is 5.97 Å². The molecule has 0 saturated heterocycles. The van der Waals surface area contributed by atoms with Crippen LogP contribution in [0, 0.1) is 0 Å². The Morgan fingerprint density at radius 3 is 2.00 bits per heavy atom. The van der Waals surface area contributed by atoms with Crippen molar-refractivity contribution in [2.45, 2.75) is 19.8 Å². The Hall–Kier alpha value is -3.17. The molecule has 3 aromatic rings. The third-order valence-electron chi connectivity index (χ3n) is 4.46. The summed E-state index contributed by atoms with van der Waals surface area (Å²) < 4.78 is 5.32. The SMILES string of the molecule is CC(C)c1ccc(C=CC(=O)c2ccc(OC(=O)c3ccc(Cl)cc3)cc2)cc1. The molecule has 0 aliphatic heterocycles. The van der Waals surface area contributed by atoms with Crippen LogP contribution < -0.4 is 4.74 Å². The van der Waals surface area contributed by atoms with Crippen molar-refractivity contribution in [1.82, 2.24) is 0 Å². The van der Waals surface area contributed by atoms with Gasteiger partial charge in [0.2, 0.25) is 0 Å². The summed E-state index contributed by atoms with van der Waals surface area (Å²) in [5.74, 6) is 0.246. The molecule has 0 heterocycles. The molecule has 0 atom stereocenters. The van der Waals surface area contributed by atoms with Crippen molar-refractivity contribution in [2.24, 2.45) is 0 Å². The molecule has 0 bridgehead atoms. The first-order chi connectivity index (χ1) is 13.9. The number of benzene rings is 3. The number of allylic oxidation sites excluding steroid dienone is 1. The molecular weight excluding hydrogens is 384 g/mol. The van der Waals surface area contributed by atoms with Gasteiger partial charge in [0.15, 0.2) is 5.78 Å². The van der Waals surface area contributed by atoms with Gasteiger partial charge in [-0.05, 0) is 71.7 Å². The third-order valence-corrected chi connectivity index (χ3v) is 4.71. The van der Waals surface area contributed by atoms with Crippen molar-refractivity contribution in [1.29, 1.82) is 0 Å². The van der Waals surface area contributed by atoms with Crippen molar-refractivity contribution in [3.63, 3.8) is 0 Å². The highest BCUT2D eigenvalue weighted by atomic mass is 35.5. The second kappa shape index (κ2) is 9.35. The molecule has 0 amide bonds. The van der Waals surface area contributed by atoms with E-state index >= 15 is 0 Å². The van der Waals surface area contributed by atoms with Crippen LogP contribution in [0.25, 0.3) is 6.08 Å². The first kappa shape index (κ1) is 20.6. The van der Waals surface area contributed by atoms with Crippen molar-refractivity contribution < 1.29 is 14.3 Å². The zero-order chi connectivity index (χ0) is 20.8. The molecule has 0 aliphatic rings. The lowest BCUT2D eigenvalue weighted by Gasteiger charge is -2.05. The quantitative estimate of drug-likeness (QED) is 0.202. The molecule has 0 spiro atoms. The van der Waals surface area contributed by atoms with Crippen LogP contribution in [0.2, 0.25) is 5.02 Å². The molecule has 0 saturated carbocycles. The predicted octanol–water partition coefficient (Wildman–Crippen LogP) is 6.58. The van der Waals surface area contributed by atoms with Crippen LogP contribution in [0.4, 0.5) is 0 Å². The monoisotopic (exact) mass is 404 g/mol. The maximum atomic E-state index is 12.4. The number of carbonyl (C=O) groups is 2. The molecule has 0 radical (unpaired) electrons. The molecule has 0 aliphatic carbocycles. The standard InChI is InChI=1S/C25H21ClO3/c1-17(2)19-6-3-18(4-7-19)5-16-24(27)20-10-14-23(15-11-20)29-25(28)21-8-12-22(26)13-9-21/h3-17H,1-2H3. The smallest absolute Gasteiger partial charge is 0.343 e. The van der Waals surface area contributed by atoms with E-state index in [-0.39, 0.29) is 5.78 Å². The van der Waals surface area contributed by atoms with Crippen LogP contribution in [-0.2, 0) is 0 Å². The molecule has 0 fully saturated rings. The zero-order valence-corrected chi connectivity index (χ0v) is 17.0. The van der Waals surface area contributed by atoms with Gasteiger partial charge in [-0.15, -0.1) is 0 Å². The zero-order valence-electron chi connectivity index (χ0n) is 16.3. The van der Waals surface area contributed by atoms with Crippen LogP contribution in [-0.4, -0.2) is 11.8 Å². The lowest BCUT2D eigenvalue weighted by Crippen LogP contribution is -2.08. The van der Waals surface area contributed by atoms with Crippen LogP contribution >= 0.6 is 11.6 Å². The highest BCUT2D eigenvalue weighted by Crippen LogP contribution is 2.18. The number of rotatable bonds is 6. The van der Waals surface area contributed by atoms with Gasteiger partial charge in [-0.1, -0.05) is 55.8 Å². The summed E-state index contributed by atoms with van der Waals surface area (Å²) >= 11 is 5.82. The summed E-state index contributed by atoms with van der Waals surface area (Å²) in [4.78, 5) is 24.5. The van der Waals surface area contributed by atoms with E-state index in [2.05, 4.69) is 26.0 Å². The van der Waals surface area contributed by atoms with Gasteiger partial charge in [-0.25, -0.2) is 4.79 Å². The van der Waals surface area contributed by atoms with E-state index in [4.69, 9.17) is 16.3 Å². The van der Waals surface area contributed by atoms with Crippen molar-refractivity contribution in [2.75, 3.05) is 0 Å². The topological polar surface area (TPSA) is 43.4 Å². The lowest BCUT2D eigenvalue weighted by atomic mass is 10.0. The Kier molecular flexibility index (Phi) is 6.63. The fourth-order valence-electron chi connectivity index (χ4n) is 2.70. The normalized spacial score (nSPS) is 11.0. The molecule has 3 nitrogen and oxygen atoms in total. The second-order valence-corrected chi connectivity index (χ2v) is 7.38. The van der Waals surface area contributed by atoms with Gasteiger partial charge < -0.3 is 4.74 Å². The van der Waals surface area contributed by atoms with E-state index in [9.17, 15) is 9.59 Å². The molecule has 4 heteroatoms. The second-order valence-electron chi connectivity index (χ2n) is 6.94. The Morgan fingerprint density at radius 2 is 1.41 bits per heavy atom. The minimum absolute atomic E-state index is 0.117. The molecule has 0 aromatic heterocycles. The number of hydrogen-bond acceptors (Lipinski definition) is 3. The first-order valence-corrected chi connectivity index (χ1v) is 9.70. The highest BCUT2D eigenvalue weighted by molar-refractivity contribution is 6.30. The number of esters is 1. The van der Waals surface area contributed by atoms with Gasteiger partial charge >= 0.3 is 5.97 Å². The first-order valence-electron chi connectivity index (χ1n) is 9.32. The summed E-state index contributed by atoms with van der Waals surface area (Å²) in [6.07, 6.45) is 3.33. The predicted molar refractivity (Wildman–Crippen MR) is 117 cm³/mol. The number of carbonyl (C=O) groups excluding carboxylic acids is 2. The van der Waals surface area contributed by atoms with E-state index in [0.717, 1.165) is 5.56 Å². The van der Waals surface area contributed by atoms with E-state index in [1.54, 1.807) is 60.7 Å². The van der Waals surface area contributed by atoms with Crippen LogP contribution in [0.15, 0.2) is 78.9 Å². The highest BCUT2D eigenvalue weighted by Gasteiger charge is 2.09. The lowest BCUT2D eigenvalue weighted by molar-refractivity contribution is 0.0734. The Balaban J connectivity index is 1.62. The van der Waals surface area contributed by atoms with E-state index in [0.29, 0.717) is 27.8 Å². The number of hydrogen-bond donors (Lipinski definition) is 0. The average molecular weight is 405 g/mol. The van der Waals surface area contributed by atoms with E-state index in [1.165, 1.54) is 5.56 Å². The molecule has 3 aromatic carbocycles. The summed E-state index contributed by atoms with van der Waals surface area (Å²) in [7, 11) is 0. The van der Waals surface area contributed by atoms with Crippen molar-refractivity contribution >= 4 is 29.4 Å². The fourth-order valence-corrected chi connectivity index (χ4v) is 2.83. The van der Waals surface area contributed by atoms with Crippen LogP contribution in [0.5, 0.6) is 5.75 Å². The van der Waals surface area contributed by atoms with Gasteiger partial charge in [0.25, 0.3) is 0 Å². The van der Waals surface area contributed by atoms with Crippen molar-refractivity contribution in [3.05, 3.63) is 106 Å². The van der Waals surface area contributed by atoms with Crippen LogP contribution in [0.3, 0.4) is 0 Å². The molecular formula is C25H21ClO3. The summed E-state index contributed by atoms with van der Waals surface area (Å²) in [6.45, 7) is 4.29. The average Bonchev–Trinajstić information content (AvgIpc) is 2.73. The van der Waals surface area contributed by atoms with Crippen LogP contribution in [0.1, 0.15) is 51.6 Å². The number of halogens is 1. The van der Waals surface area contributed by atoms with E-state index in [1.807, 2.05) is 12.1 Å². The van der Waals surface area contributed by atoms with Gasteiger partial charge in [0, 0.05) is 10.6 Å². The van der Waals surface area contributed by atoms with Gasteiger partial charge in [0.05, 0.1) is 5.56 Å². The largest absolute Gasteiger partial charge is 0.423 e. The maximum Gasteiger partial charge on any atom is 0.343 e. The van der Waals surface area contributed by atoms with Crippen molar-refractivity contribution in [3.8, 4) is 5.75 Å². The molecule has 0 N–H and O–H groups in total. The molecule has 3 rings (SSSR count). The fraction of sp³-hybridized carbons (Fsp3) is 0.120. The van der Waals surface area contributed by atoms with Gasteiger partial charge in [-0.2, -0.15) is 0 Å². The number of ketones is 1. The minimum atomic E-state index is -0.481. The Morgan fingerprint density at radius 1 is 0.828 bits per heavy atom. The summed E-state index contributed by atoms with van der Waals surface area (Å²) in [5, 5.41) is 0.549. The molecule has 0 unspecified atom stereocenters. The summed E-state index contributed by atoms with van der Waals surface area (Å²) in [6, 6.07) is 21.1. The molecule has 146 valence electrons.